The first-order chi connectivity index (χ1) is 8.03. The molecule has 2 nitrogen and oxygen atoms in total. The van der Waals surface area contributed by atoms with Crippen LogP contribution in [0.1, 0.15) is 65.2 Å². The van der Waals surface area contributed by atoms with Crippen LogP contribution in [0.15, 0.2) is 4.42 Å². The molecule has 0 N–H and O–H groups in total. The molecule has 0 fully saturated rings. The molecule has 0 aliphatic rings. The Kier molecular flexibility index (Phi) is 5.35. The van der Waals surface area contributed by atoms with Crippen LogP contribution in [0.3, 0.4) is 0 Å². The molecule has 0 aliphatic carbocycles. The summed E-state index contributed by atoms with van der Waals surface area (Å²) in [6.45, 7) is 6.79. The van der Waals surface area contributed by atoms with Crippen molar-refractivity contribution in [3.8, 4) is 0 Å². The van der Waals surface area contributed by atoms with E-state index < -0.39 is 0 Å². The van der Waals surface area contributed by atoms with Crippen molar-refractivity contribution in [1.82, 2.24) is 4.98 Å². The van der Waals surface area contributed by atoms with Gasteiger partial charge in [0.05, 0.1) is 5.66 Å². The Bertz CT molecular complexity index is 332. The van der Waals surface area contributed by atoms with Crippen LogP contribution < -0.4 is 11.3 Å². The molecule has 1 unspecified atom stereocenters. The van der Waals surface area contributed by atoms with E-state index in [4.69, 9.17) is 4.42 Å². The first-order valence-electron chi connectivity index (χ1n) is 6.98. The van der Waals surface area contributed by atoms with Gasteiger partial charge in [-0.1, -0.05) is 46.5 Å². The Morgan fingerprint density at radius 1 is 1.12 bits per heavy atom. The van der Waals surface area contributed by atoms with Gasteiger partial charge in [-0.3, -0.25) is 0 Å². The highest BCUT2D eigenvalue weighted by molar-refractivity contribution is 6.45. The van der Waals surface area contributed by atoms with Crippen molar-refractivity contribution >= 4 is 26.9 Å². The van der Waals surface area contributed by atoms with E-state index in [0.717, 1.165) is 23.6 Å². The maximum absolute atomic E-state index is 5.85. The molecule has 1 aromatic rings. The van der Waals surface area contributed by atoms with Crippen molar-refractivity contribution < 1.29 is 4.42 Å². The topological polar surface area (TPSA) is 26.0 Å². The van der Waals surface area contributed by atoms with Crippen LogP contribution >= 0.6 is 0 Å². The molecule has 0 saturated heterocycles. The molecular formula is C13H25B2NO. The molecule has 0 amide bonds. The monoisotopic (exact) mass is 233 g/mol. The lowest BCUT2D eigenvalue weighted by Gasteiger charge is -2.25. The van der Waals surface area contributed by atoms with Gasteiger partial charge in [0.1, 0.15) is 0 Å². The summed E-state index contributed by atoms with van der Waals surface area (Å²) < 4.78 is 5.85. The van der Waals surface area contributed by atoms with Crippen LogP contribution in [-0.2, 0) is 5.41 Å². The van der Waals surface area contributed by atoms with Gasteiger partial charge in [-0.2, -0.15) is 0 Å². The van der Waals surface area contributed by atoms with Gasteiger partial charge in [-0.05, 0) is 12.8 Å². The third kappa shape index (κ3) is 3.65. The number of oxazole rings is 1. The third-order valence-corrected chi connectivity index (χ3v) is 3.68. The Hall–Kier alpha value is -0.660. The minimum Gasteiger partial charge on any atom is -0.457 e. The summed E-state index contributed by atoms with van der Waals surface area (Å²) in [5, 5.41) is 0. The van der Waals surface area contributed by atoms with Crippen molar-refractivity contribution in [3.63, 3.8) is 0 Å². The number of rotatable bonds is 7. The van der Waals surface area contributed by atoms with Gasteiger partial charge in [0.15, 0.2) is 21.6 Å². The van der Waals surface area contributed by atoms with Crippen LogP contribution in [0.4, 0.5) is 0 Å². The SMILES string of the molecule is Bc1nc(C(C)(CCC)CCCCC)oc1B. The van der Waals surface area contributed by atoms with Gasteiger partial charge in [-0.25, -0.2) is 4.98 Å². The van der Waals surface area contributed by atoms with E-state index in [1.165, 1.54) is 32.1 Å². The van der Waals surface area contributed by atoms with Gasteiger partial charge in [-0.15, -0.1) is 0 Å². The first-order valence-corrected chi connectivity index (χ1v) is 6.98. The lowest BCUT2D eigenvalue weighted by Crippen LogP contribution is -2.24. The van der Waals surface area contributed by atoms with Crippen LogP contribution in [0.25, 0.3) is 0 Å². The second-order valence-electron chi connectivity index (χ2n) is 5.43. The van der Waals surface area contributed by atoms with Crippen molar-refractivity contribution in [3.05, 3.63) is 5.89 Å². The largest absolute Gasteiger partial charge is 0.457 e. The Morgan fingerprint density at radius 3 is 2.29 bits per heavy atom. The summed E-state index contributed by atoms with van der Waals surface area (Å²) in [6.07, 6.45) is 7.38. The van der Waals surface area contributed by atoms with Gasteiger partial charge < -0.3 is 4.42 Å². The molecule has 0 aromatic carbocycles. The Morgan fingerprint density at radius 2 is 1.82 bits per heavy atom. The lowest BCUT2D eigenvalue weighted by molar-refractivity contribution is 0.300. The number of hydrogen-bond acceptors (Lipinski definition) is 2. The summed E-state index contributed by atoms with van der Waals surface area (Å²) in [4.78, 5) is 4.61. The van der Waals surface area contributed by atoms with E-state index in [9.17, 15) is 0 Å². The molecule has 0 radical (unpaired) electrons. The lowest BCUT2D eigenvalue weighted by atomic mass is 9.80. The van der Waals surface area contributed by atoms with E-state index >= 15 is 0 Å². The standard InChI is InChI=1S/C13H25B2NO/c1-4-6-7-9-13(3,8-5-2)12-16-10(14)11(15)17-12/h4-9,14-15H2,1-3H3. The molecule has 94 valence electrons. The number of hydrogen-bond donors (Lipinski definition) is 0. The number of nitrogens with zero attached hydrogens (tertiary/aromatic N) is 1. The first kappa shape index (κ1) is 14.4. The van der Waals surface area contributed by atoms with Crippen LogP contribution in [0.2, 0.25) is 0 Å². The van der Waals surface area contributed by atoms with E-state index in [2.05, 4.69) is 25.8 Å². The second-order valence-corrected chi connectivity index (χ2v) is 5.43. The van der Waals surface area contributed by atoms with Crippen molar-refractivity contribution in [1.29, 1.82) is 0 Å². The molecule has 17 heavy (non-hydrogen) atoms. The fourth-order valence-corrected chi connectivity index (χ4v) is 2.39. The molecule has 1 aromatic heterocycles. The molecule has 0 spiro atoms. The van der Waals surface area contributed by atoms with E-state index in [1.54, 1.807) is 0 Å². The fourth-order valence-electron chi connectivity index (χ4n) is 2.39. The minimum atomic E-state index is 0.128. The summed E-state index contributed by atoms with van der Waals surface area (Å²) in [5.41, 5.74) is 2.14. The van der Waals surface area contributed by atoms with Crippen LogP contribution in [0.5, 0.6) is 0 Å². The molecule has 4 heteroatoms. The zero-order valence-corrected chi connectivity index (χ0v) is 12.1. The predicted octanol–water partition coefficient (Wildman–Crippen LogP) is 0.829. The Balaban J connectivity index is 2.82. The zero-order chi connectivity index (χ0) is 12.9. The highest BCUT2D eigenvalue weighted by Crippen LogP contribution is 2.32. The quantitative estimate of drug-likeness (QED) is 0.515. The smallest absolute Gasteiger partial charge is 0.198 e. The predicted molar refractivity (Wildman–Crippen MR) is 79.3 cm³/mol. The highest BCUT2D eigenvalue weighted by atomic mass is 16.4. The molecule has 1 atom stereocenters. The molecule has 0 bridgehead atoms. The van der Waals surface area contributed by atoms with E-state index in [1.807, 2.05) is 15.7 Å². The molecule has 1 heterocycles. The summed E-state index contributed by atoms with van der Waals surface area (Å²) in [7, 11) is 4.03. The maximum atomic E-state index is 5.85. The van der Waals surface area contributed by atoms with Crippen LogP contribution in [0, 0.1) is 0 Å². The van der Waals surface area contributed by atoms with E-state index in [-0.39, 0.29) is 5.41 Å². The minimum absolute atomic E-state index is 0.128. The third-order valence-electron chi connectivity index (χ3n) is 3.68. The molecule has 1 rings (SSSR count). The maximum Gasteiger partial charge on any atom is 0.198 e. The molecular weight excluding hydrogens is 208 g/mol. The van der Waals surface area contributed by atoms with Gasteiger partial charge in [0, 0.05) is 11.0 Å². The normalized spacial score (nSPS) is 14.8. The van der Waals surface area contributed by atoms with Crippen molar-refractivity contribution in [2.75, 3.05) is 0 Å². The van der Waals surface area contributed by atoms with Crippen molar-refractivity contribution in [2.45, 2.75) is 64.7 Å². The van der Waals surface area contributed by atoms with Gasteiger partial charge >= 0.3 is 0 Å². The highest BCUT2D eigenvalue weighted by Gasteiger charge is 2.30. The molecule has 0 saturated carbocycles. The Labute approximate surface area is 107 Å². The average molecular weight is 233 g/mol. The van der Waals surface area contributed by atoms with Crippen LogP contribution in [-0.4, -0.2) is 20.7 Å². The zero-order valence-electron chi connectivity index (χ0n) is 12.1. The van der Waals surface area contributed by atoms with Gasteiger partial charge in [0.2, 0.25) is 0 Å². The second kappa shape index (κ2) is 6.32. The average Bonchev–Trinajstić information content (AvgIpc) is 2.61. The summed E-state index contributed by atoms with van der Waals surface area (Å²) in [5.74, 6) is 0.949. The number of unbranched alkanes of at least 4 members (excludes halogenated alkanes) is 2. The van der Waals surface area contributed by atoms with Crippen molar-refractivity contribution in [2.24, 2.45) is 0 Å². The van der Waals surface area contributed by atoms with E-state index in [0.29, 0.717) is 0 Å². The fraction of sp³-hybridized carbons (Fsp3) is 0.769. The molecule has 0 aliphatic heterocycles. The number of aromatic nitrogens is 1. The summed E-state index contributed by atoms with van der Waals surface area (Å²) >= 11 is 0. The summed E-state index contributed by atoms with van der Waals surface area (Å²) in [6, 6.07) is 0. The van der Waals surface area contributed by atoms with Gasteiger partial charge in [0.25, 0.3) is 0 Å².